The molecule has 0 bridgehead atoms. The fraction of sp³-hybridized carbons (Fsp3) is 0.500. The molecule has 5 nitrogen and oxygen atoms in total. The number of hydrogen-bond donors (Lipinski definition) is 2. The predicted molar refractivity (Wildman–Crippen MR) is 76.5 cm³/mol. The maximum Gasteiger partial charge on any atom is 0.253 e. The zero-order valence-corrected chi connectivity index (χ0v) is 11.5. The molecule has 1 aliphatic heterocycles. The van der Waals surface area contributed by atoms with Crippen molar-refractivity contribution < 1.29 is 9.53 Å². The fourth-order valence-corrected chi connectivity index (χ4v) is 2.23. The van der Waals surface area contributed by atoms with Crippen molar-refractivity contribution in [2.75, 3.05) is 37.9 Å². The van der Waals surface area contributed by atoms with E-state index in [0.29, 0.717) is 17.8 Å². The molecule has 0 saturated carbocycles. The standard InChI is InChI=1S/C14H21N3O2/c1-17(2)13-6-5-10(15)8-12(13)14(18)16-9-11-4-3-7-19-11/h5-6,8,11H,3-4,7,9,15H2,1-2H3,(H,16,18). The molecule has 1 aromatic rings. The number of nitrogens with one attached hydrogen (secondary N) is 1. The first kappa shape index (κ1) is 13.7. The predicted octanol–water partition coefficient (Wildman–Crippen LogP) is 1.24. The molecule has 1 unspecified atom stereocenters. The van der Waals surface area contributed by atoms with E-state index >= 15 is 0 Å². The van der Waals surface area contributed by atoms with E-state index in [1.807, 2.05) is 25.1 Å². The van der Waals surface area contributed by atoms with Gasteiger partial charge < -0.3 is 20.7 Å². The number of benzene rings is 1. The van der Waals surface area contributed by atoms with Crippen LogP contribution in [-0.2, 0) is 4.74 Å². The minimum absolute atomic E-state index is 0.105. The van der Waals surface area contributed by atoms with E-state index < -0.39 is 0 Å². The molecule has 1 saturated heterocycles. The average Bonchev–Trinajstić information content (AvgIpc) is 2.88. The Balaban J connectivity index is 2.06. The van der Waals surface area contributed by atoms with E-state index in [0.717, 1.165) is 25.1 Å². The molecule has 1 amide bonds. The van der Waals surface area contributed by atoms with Gasteiger partial charge in [-0.1, -0.05) is 0 Å². The highest BCUT2D eigenvalue weighted by Gasteiger charge is 2.18. The molecule has 2 rings (SSSR count). The van der Waals surface area contributed by atoms with Crippen LogP contribution in [0.3, 0.4) is 0 Å². The number of nitrogens with zero attached hydrogens (tertiary/aromatic N) is 1. The third kappa shape index (κ3) is 3.38. The first-order valence-electron chi connectivity index (χ1n) is 6.54. The largest absolute Gasteiger partial charge is 0.399 e. The summed E-state index contributed by atoms with van der Waals surface area (Å²) in [6, 6.07) is 5.36. The summed E-state index contributed by atoms with van der Waals surface area (Å²) in [5, 5.41) is 2.92. The minimum atomic E-state index is -0.105. The van der Waals surface area contributed by atoms with Crippen molar-refractivity contribution in [3.8, 4) is 0 Å². The van der Waals surface area contributed by atoms with Crippen LogP contribution in [0.25, 0.3) is 0 Å². The number of nitrogen functional groups attached to an aromatic ring is 1. The van der Waals surface area contributed by atoms with Crippen LogP contribution < -0.4 is 16.0 Å². The van der Waals surface area contributed by atoms with E-state index in [4.69, 9.17) is 10.5 Å². The molecule has 1 heterocycles. The smallest absolute Gasteiger partial charge is 0.253 e. The number of anilines is 2. The molecule has 0 aromatic heterocycles. The van der Waals surface area contributed by atoms with Gasteiger partial charge >= 0.3 is 0 Å². The van der Waals surface area contributed by atoms with Gasteiger partial charge in [-0.15, -0.1) is 0 Å². The summed E-state index contributed by atoms with van der Waals surface area (Å²) in [4.78, 5) is 14.1. The lowest BCUT2D eigenvalue weighted by molar-refractivity contribution is 0.0858. The first-order chi connectivity index (χ1) is 9.08. The summed E-state index contributed by atoms with van der Waals surface area (Å²) in [6.07, 6.45) is 2.23. The Morgan fingerprint density at radius 2 is 2.32 bits per heavy atom. The molecule has 5 heteroatoms. The molecule has 1 fully saturated rings. The van der Waals surface area contributed by atoms with Gasteiger partial charge in [0.1, 0.15) is 0 Å². The number of rotatable bonds is 4. The van der Waals surface area contributed by atoms with E-state index in [1.165, 1.54) is 0 Å². The van der Waals surface area contributed by atoms with Gasteiger partial charge in [-0.2, -0.15) is 0 Å². The van der Waals surface area contributed by atoms with Crippen LogP contribution in [0.5, 0.6) is 0 Å². The fourth-order valence-electron chi connectivity index (χ4n) is 2.23. The van der Waals surface area contributed by atoms with Crippen molar-refractivity contribution in [3.05, 3.63) is 23.8 Å². The Morgan fingerprint density at radius 3 is 2.95 bits per heavy atom. The number of hydrogen-bond acceptors (Lipinski definition) is 4. The highest BCUT2D eigenvalue weighted by atomic mass is 16.5. The van der Waals surface area contributed by atoms with Gasteiger partial charge in [0.2, 0.25) is 0 Å². The Kier molecular flexibility index (Phi) is 4.27. The zero-order valence-electron chi connectivity index (χ0n) is 11.5. The Bertz CT molecular complexity index is 454. The van der Waals surface area contributed by atoms with Gasteiger partial charge in [0.25, 0.3) is 5.91 Å². The molecule has 19 heavy (non-hydrogen) atoms. The van der Waals surface area contributed by atoms with Crippen LogP contribution in [0.1, 0.15) is 23.2 Å². The lowest BCUT2D eigenvalue weighted by Gasteiger charge is -2.18. The summed E-state index contributed by atoms with van der Waals surface area (Å²) < 4.78 is 5.49. The number of ether oxygens (including phenoxy) is 1. The molecule has 3 N–H and O–H groups in total. The second-order valence-electron chi connectivity index (χ2n) is 5.02. The molecule has 0 radical (unpaired) electrons. The van der Waals surface area contributed by atoms with Gasteiger partial charge in [0.05, 0.1) is 11.7 Å². The normalized spacial score (nSPS) is 18.3. The molecular formula is C14H21N3O2. The van der Waals surface area contributed by atoms with Crippen molar-refractivity contribution in [2.24, 2.45) is 0 Å². The second-order valence-corrected chi connectivity index (χ2v) is 5.02. The Labute approximate surface area is 113 Å². The van der Waals surface area contributed by atoms with Gasteiger partial charge in [0, 0.05) is 38.6 Å². The Hall–Kier alpha value is -1.75. The molecule has 1 aliphatic rings. The number of carbonyl (C=O) groups excluding carboxylic acids is 1. The minimum Gasteiger partial charge on any atom is -0.399 e. The molecule has 104 valence electrons. The van der Waals surface area contributed by atoms with Crippen LogP contribution in [0, 0.1) is 0 Å². The van der Waals surface area contributed by atoms with E-state index in [2.05, 4.69) is 5.32 Å². The second kappa shape index (κ2) is 5.93. The summed E-state index contributed by atoms with van der Waals surface area (Å²) in [7, 11) is 3.81. The van der Waals surface area contributed by atoms with E-state index in [-0.39, 0.29) is 12.0 Å². The van der Waals surface area contributed by atoms with Crippen LogP contribution in [-0.4, -0.2) is 39.3 Å². The molecule has 1 aromatic carbocycles. The monoisotopic (exact) mass is 263 g/mol. The Morgan fingerprint density at radius 1 is 1.53 bits per heavy atom. The van der Waals surface area contributed by atoms with Crippen molar-refractivity contribution in [1.29, 1.82) is 0 Å². The van der Waals surface area contributed by atoms with Gasteiger partial charge in [0.15, 0.2) is 0 Å². The third-order valence-electron chi connectivity index (χ3n) is 3.26. The van der Waals surface area contributed by atoms with Gasteiger partial charge in [-0.3, -0.25) is 4.79 Å². The highest BCUT2D eigenvalue weighted by molar-refractivity contribution is 6.00. The zero-order chi connectivity index (χ0) is 13.8. The summed E-state index contributed by atoms with van der Waals surface area (Å²) in [6.45, 7) is 1.35. The van der Waals surface area contributed by atoms with Crippen molar-refractivity contribution in [1.82, 2.24) is 5.32 Å². The van der Waals surface area contributed by atoms with E-state index in [1.54, 1.807) is 12.1 Å². The highest BCUT2D eigenvalue weighted by Crippen LogP contribution is 2.21. The quantitative estimate of drug-likeness (QED) is 0.802. The third-order valence-corrected chi connectivity index (χ3v) is 3.26. The maximum absolute atomic E-state index is 12.2. The topological polar surface area (TPSA) is 67.6 Å². The molecular weight excluding hydrogens is 242 g/mol. The SMILES string of the molecule is CN(C)c1ccc(N)cc1C(=O)NCC1CCCO1. The number of carbonyl (C=O) groups is 1. The lowest BCUT2D eigenvalue weighted by atomic mass is 10.1. The first-order valence-corrected chi connectivity index (χ1v) is 6.54. The van der Waals surface area contributed by atoms with Crippen molar-refractivity contribution >= 4 is 17.3 Å². The number of nitrogens with two attached hydrogens (primary N) is 1. The maximum atomic E-state index is 12.2. The van der Waals surface area contributed by atoms with Crippen molar-refractivity contribution in [3.63, 3.8) is 0 Å². The lowest BCUT2D eigenvalue weighted by Crippen LogP contribution is -2.32. The number of amides is 1. The average molecular weight is 263 g/mol. The summed E-state index contributed by atoms with van der Waals surface area (Å²) in [5.74, 6) is -0.105. The van der Waals surface area contributed by atoms with Gasteiger partial charge in [-0.25, -0.2) is 0 Å². The van der Waals surface area contributed by atoms with Crippen LogP contribution in [0.4, 0.5) is 11.4 Å². The molecule has 0 spiro atoms. The van der Waals surface area contributed by atoms with Crippen molar-refractivity contribution in [2.45, 2.75) is 18.9 Å². The van der Waals surface area contributed by atoms with Gasteiger partial charge in [-0.05, 0) is 31.0 Å². The molecule has 0 aliphatic carbocycles. The van der Waals surface area contributed by atoms with Crippen LogP contribution in [0.15, 0.2) is 18.2 Å². The van der Waals surface area contributed by atoms with Crippen LogP contribution >= 0.6 is 0 Å². The van der Waals surface area contributed by atoms with Crippen LogP contribution in [0.2, 0.25) is 0 Å². The summed E-state index contributed by atoms with van der Waals surface area (Å²) >= 11 is 0. The van der Waals surface area contributed by atoms with E-state index in [9.17, 15) is 4.79 Å². The molecule has 1 atom stereocenters. The summed E-state index contributed by atoms with van der Waals surface area (Å²) in [5.41, 5.74) is 7.81.